The number of hydrogen-bond donors (Lipinski definition) is 1. The Morgan fingerprint density at radius 3 is 3.00 bits per heavy atom. The van der Waals surface area contributed by atoms with E-state index >= 15 is 0 Å². The van der Waals surface area contributed by atoms with E-state index in [4.69, 9.17) is 5.73 Å². The Kier molecular flexibility index (Phi) is 2.99. The Hall–Kier alpha value is -1.32. The Morgan fingerprint density at radius 2 is 2.38 bits per heavy atom. The topological polar surface area (TPSA) is 60.9 Å². The molecule has 0 saturated heterocycles. The Balaban J connectivity index is 2.51. The predicted molar refractivity (Wildman–Crippen MR) is 62.4 cm³/mol. The van der Waals surface area contributed by atoms with Gasteiger partial charge < -0.3 is 10.3 Å². The van der Waals surface area contributed by atoms with Crippen LogP contribution in [0.4, 0.5) is 0 Å². The predicted octanol–water partition coefficient (Wildman–Crippen LogP) is 1.83. The molecule has 4 heteroatoms. The number of carbonyl (C=O) groups is 1. The van der Waals surface area contributed by atoms with E-state index < -0.39 is 0 Å². The van der Waals surface area contributed by atoms with Crippen LogP contribution in [0.25, 0.3) is 0 Å². The van der Waals surface area contributed by atoms with Gasteiger partial charge in [0.1, 0.15) is 11.5 Å². The van der Waals surface area contributed by atoms with E-state index in [9.17, 15) is 4.79 Å². The summed E-state index contributed by atoms with van der Waals surface area (Å²) in [7, 11) is 0. The summed E-state index contributed by atoms with van der Waals surface area (Å²) >= 11 is 0. The second kappa shape index (κ2) is 4.28. The molecule has 88 valence electrons. The van der Waals surface area contributed by atoms with E-state index in [1.54, 1.807) is 0 Å². The molecule has 16 heavy (non-hydrogen) atoms. The van der Waals surface area contributed by atoms with Crippen molar-refractivity contribution < 1.29 is 4.79 Å². The third-order valence-electron chi connectivity index (χ3n) is 3.27. The fraction of sp³-hybridized carbons (Fsp3) is 0.667. The number of rotatable bonds is 3. The van der Waals surface area contributed by atoms with Gasteiger partial charge in [-0.25, -0.2) is 4.98 Å². The van der Waals surface area contributed by atoms with Gasteiger partial charge in [0, 0.05) is 12.5 Å². The Morgan fingerprint density at radius 1 is 1.62 bits per heavy atom. The fourth-order valence-electron chi connectivity index (χ4n) is 2.57. The van der Waals surface area contributed by atoms with Gasteiger partial charge in [0.2, 0.25) is 0 Å². The highest BCUT2D eigenvalue weighted by molar-refractivity contribution is 5.92. The molecule has 1 aliphatic rings. The van der Waals surface area contributed by atoms with Gasteiger partial charge in [-0.3, -0.25) is 4.79 Å². The number of amides is 1. The molecule has 1 aromatic heterocycles. The smallest absolute Gasteiger partial charge is 0.269 e. The molecule has 1 aliphatic heterocycles. The lowest BCUT2D eigenvalue weighted by Crippen LogP contribution is -2.20. The molecular weight excluding hydrogens is 202 g/mol. The van der Waals surface area contributed by atoms with Crippen LogP contribution in [0.3, 0.4) is 0 Å². The summed E-state index contributed by atoms with van der Waals surface area (Å²) in [4.78, 5) is 15.8. The van der Waals surface area contributed by atoms with Crippen molar-refractivity contribution in [3.05, 3.63) is 17.2 Å². The fourth-order valence-corrected chi connectivity index (χ4v) is 2.57. The van der Waals surface area contributed by atoms with E-state index in [1.165, 1.54) is 0 Å². The maximum Gasteiger partial charge on any atom is 0.269 e. The van der Waals surface area contributed by atoms with Crippen LogP contribution >= 0.6 is 0 Å². The van der Waals surface area contributed by atoms with Crippen molar-refractivity contribution in [2.45, 2.75) is 52.0 Å². The summed E-state index contributed by atoms with van der Waals surface area (Å²) in [6, 6.07) is 0.450. The van der Waals surface area contributed by atoms with Crippen molar-refractivity contribution >= 4 is 5.91 Å². The third-order valence-corrected chi connectivity index (χ3v) is 3.27. The minimum absolute atomic E-state index is 0.389. The normalized spacial score (nSPS) is 19.5. The molecule has 0 aromatic carbocycles. The molecule has 2 heterocycles. The Labute approximate surface area is 95.9 Å². The Bertz CT molecular complexity index is 409. The second-order valence-electron chi connectivity index (χ2n) is 4.55. The van der Waals surface area contributed by atoms with Crippen LogP contribution in [0.1, 0.15) is 61.2 Å². The lowest BCUT2D eigenvalue weighted by molar-refractivity contribution is 0.0994. The molecule has 0 fully saturated rings. The minimum Gasteiger partial charge on any atom is -0.364 e. The summed E-state index contributed by atoms with van der Waals surface area (Å²) in [5, 5.41) is 0. The minimum atomic E-state index is -0.389. The first-order valence-corrected chi connectivity index (χ1v) is 6.05. The zero-order valence-corrected chi connectivity index (χ0v) is 9.99. The second-order valence-corrected chi connectivity index (χ2v) is 4.55. The summed E-state index contributed by atoms with van der Waals surface area (Å²) < 4.78 is 2.23. The molecule has 1 unspecified atom stereocenters. The molecule has 1 atom stereocenters. The van der Waals surface area contributed by atoms with Gasteiger partial charge in [-0.2, -0.15) is 0 Å². The number of nitrogens with zero attached hydrogens (tertiary/aromatic N) is 2. The molecule has 0 spiro atoms. The lowest BCUT2D eigenvalue weighted by Gasteiger charge is -2.24. The van der Waals surface area contributed by atoms with Crippen molar-refractivity contribution in [3.8, 4) is 0 Å². The number of nitrogens with two attached hydrogens (primary N) is 1. The first kappa shape index (κ1) is 11.2. The summed E-state index contributed by atoms with van der Waals surface area (Å²) in [5.74, 6) is 0.638. The van der Waals surface area contributed by atoms with Crippen LogP contribution in [0.5, 0.6) is 0 Å². The molecule has 2 rings (SSSR count). The number of carbonyl (C=O) groups excluding carboxylic acids is 1. The number of imidazole rings is 1. The van der Waals surface area contributed by atoms with Crippen LogP contribution in [0.2, 0.25) is 0 Å². The highest BCUT2D eigenvalue weighted by atomic mass is 16.1. The summed E-state index contributed by atoms with van der Waals surface area (Å²) in [5.41, 5.74) is 6.92. The van der Waals surface area contributed by atoms with Crippen LogP contribution in [-0.4, -0.2) is 15.5 Å². The van der Waals surface area contributed by atoms with E-state index in [0.29, 0.717) is 11.7 Å². The lowest BCUT2D eigenvalue weighted by atomic mass is 10.0. The van der Waals surface area contributed by atoms with Crippen molar-refractivity contribution in [1.82, 2.24) is 9.55 Å². The van der Waals surface area contributed by atoms with Crippen LogP contribution in [-0.2, 0) is 12.8 Å². The van der Waals surface area contributed by atoms with Crippen molar-refractivity contribution in [1.29, 1.82) is 0 Å². The van der Waals surface area contributed by atoms with Crippen LogP contribution in [0, 0.1) is 0 Å². The zero-order chi connectivity index (χ0) is 11.7. The average Bonchev–Trinajstić information content (AvgIpc) is 2.59. The number of fused-ring (bicyclic) bond motifs is 1. The molecule has 0 bridgehead atoms. The molecule has 0 aliphatic carbocycles. The first-order valence-electron chi connectivity index (χ1n) is 6.05. The van der Waals surface area contributed by atoms with Gasteiger partial charge in [-0.15, -0.1) is 0 Å². The van der Waals surface area contributed by atoms with Crippen LogP contribution < -0.4 is 5.73 Å². The largest absolute Gasteiger partial charge is 0.364 e. The standard InChI is InChI=1S/C12H19N3O/c1-3-5-10-14-11(12(13)16)9-7-4-6-8(2)15(9)10/h8H,3-7H2,1-2H3,(H2,13,16). The van der Waals surface area contributed by atoms with Gasteiger partial charge in [0.05, 0.1) is 5.69 Å². The quantitative estimate of drug-likeness (QED) is 0.846. The number of aromatic nitrogens is 2. The van der Waals surface area contributed by atoms with Crippen LogP contribution in [0.15, 0.2) is 0 Å². The van der Waals surface area contributed by atoms with E-state index in [1.807, 2.05) is 0 Å². The number of aryl methyl sites for hydroxylation is 1. The molecule has 2 N–H and O–H groups in total. The van der Waals surface area contributed by atoms with E-state index in [-0.39, 0.29) is 5.91 Å². The SMILES string of the molecule is CCCc1nc(C(N)=O)c2n1C(C)CCC2. The van der Waals surface area contributed by atoms with Crippen molar-refractivity contribution in [2.24, 2.45) is 5.73 Å². The first-order chi connectivity index (χ1) is 7.65. The van der Waals surface area contributed by atoms with Gasteiger partial charge in [-0.1, -0.05) is 6.92 Å². The molecular formula is C12H19N3O. The molecule has 1 aromatic rings. The van der Waals surface area contributed by atoms with Gasteiger partial charge in [0.15, 0.2) is 0 Å². The molecule has 0 radical (unpaired) electrons. The molecule has 4 nitrogen and oxygen atoms in total. The number of primary amides is 1. The summed E-state index contributed by atoms with van der Waals surface area (Å²) in [6.07, 6.45) is 5.18. The average molecular weight is 221 g/mol. The monoisotopic (exact) mass is 221 g/mol. The zero-order valence-electron chi connectivity index (χ0n) is 9.99. The van der Waals surface area contributed by atoms with E-state index in [0.717, 1.165) is 43.6 Å². The van der Waals surface area contributed by atoms with E-state index in [2.05, 4.69) is 23.4 Å². The number of hydrogen-bond acceptors (Lipinski definition) is 2. The van der Waals surface area contributed by atoms with Gasteiger partial charge in [-0.05, 0) is 32.6 Å². The van der Waals surface area contributed by atoms with Crippen molar-refractivity contribution in [2.75, 3.05) is 0 Å². The van der Waals surface area contributed by atoms with Gasteiger partial charge in [0.25, 0.3) is 5.91 Å². The highest BCUT2D eigenvalue weighted by Gasteiger charge is 2.25. The maximum absolute atomic E-state index is 11.3. The maximum atomic E-state index is 11.3. The third kappa shape index (κ3) is 1.72. The summed E-state index contributed by atoms with van der Waals surface area (Å²) in [6.45, 7) is 4.31. The van der Waals surface area contributed by atoms with Crippen molar-refractivity contribution in [3.63, 3.8) is 0 Å². The highest BCUT2D eigenvalue weighted by Crippen LogP contribution is 2.28. The van der Waals surface area contributed by atoms with Gasteiger partial charge >= 0.3 is 0 Å². The molecule has 0 saturated carbocycles. The molecule has 1 amide bonds.